The van der Waals surface area contributed by atoms with E-state index in [1.165, 1.54) is 18.2 Å². The average molecular weight is 589 g/mol. The van der Waals surface area contributed by atoms with E-state index in [1.807, 2.05) is 0 Å². The van der Waals surface area contributed by atoms with Crippen molar-refractivity contribution in [3.63, 3.8) is 0 Å². The summed E-state index contributed by atoms with van der Waals surface area (Å²) in [4.78, 5) is 0. The van der Waals surface area contributed by atoms with Crippen molar-refractivity contribution in [2.24, 2.45) is 11.8 Å². The van der Waals surface area contributed by atoms with Crippen molar-refractivity contribution in [1.29, 1.82) is 0 Å². The van der Waals surface area contributed by atoms with Crippen LogP contribution >= 0.6 is 47.8 Å². The zero-order valence-electron chi connectivity index (χ0n) is 27.6. The number of hydrogen-bond acceptors (Lipinski definition) is 2. The molecule has 0 aliphatic rings. The molecule has 7 heteroatoms. The van der Waals surface area contributed by atoms with E-state index in [-0.39, 0.29) is 11.5 Å². The molecule has 27 heavy (non-hydrogen) atoms. The Kier molecular flexibility index (Phi) is 5.81. The molecule has 2 nitrogen and oxygen atoms in total. The molecule has 0 fully saturated rings. The number of alkyl halides is 1. The van der Waals surface area contributed by atoms with Crippen LogP contribution in [0, 0.1) is 23.4 Å². The lowest BCUT2D eigenvalue weighted by atomic mass is 10.2. The van der Waals surface area contributed by atoms with E-state index in [4.69, 9.17) is 29.0 Å². The van der Waals surface area contributed by atoms with Crippen LogP contribution in [0.3, 0.4) is 0 Å². The maximum Gasteiger partial charge on any atom is 0.128 e. The molecule has 1 N–H and O–H groups in total. The Morgan fingerprint density at radius 3 is 1.93 bits per heavy atom. The number of ether oxygens (including phenoxy) is 1. The fourth-order valence-corrected chi connectivity index (χ4v) is 2.20. The Morgan fingerprint density at radius 1 is 0.963 bits per heavy atom. The second-order valence-corrected chi connectivity index (χ2v) is 7.00. The predicted molar refractivity (Wildman–Crippen MR) is 119 cm³/mol. The van der Waals surface area contributed by atoms with Crippen molar-refractivity contribution in [2.75, 3.05) is 11.9 Å². The Balaban J connectivity index is 0.000000645. The Morgan fingerprint density at radius 2 is 1.52 bits per heavy atom. The molecule has 0 amide bonds. The van der Waals surface area contributed by atoms with Crippen LogP contribution in [-0.2, 0) is 0 Å². The quantitative estimate of drug-likeness (QED) is 0.367. The molecule has 2 aromatic carbocycles. The Bertz CT molecular complexity index is 1040. The van der Waals surface area contributed by atoms with Crippen LogP contribution in [0.25, 0.3) is 0 Å². The number of benzene rings is 2. The normalized spacial score (nSPS) is 20.3. The largest absolute Gasteiger partial charge is 0.508 e. The number of hydrogen-bond donors (Lipinski definition) is 1. The summed E-state index contributed by atoms with van der Waals surface area (Å²) >= 11 is 8.77. The van der Waals surface area contributed by atoms with Crippen molar-refractivity contribution < 1.29 is 37.8 Å². The third-order valence-corrected chi connectivity index (χ3v) is 3.68. The summed E-state index contributed by atoms with van der Waals surface area (Å²) in [7, 11) is 0. The Labute approximate surface area is 205 Å². The highest BCUT2D eigenvalue weighted by atomic mass is 79.9. The molecule has 2 rings (SSSR count). The monoisotopic (exact) mass is 586 g/mol. The molecule has 0 saturated heterocycles. The van der Waals surface area contributed by atoms with E-state index in [2.05, 4.69) is 47.8 Å². The van der Waals surface area contributed by atoms with E-state index in [0.717, 1.165) is 18.2 Å². The smallest absolute Gasteiger partial charge is 0.128 e. The van der Waals surface area contributed by atoms with Gasteiger partial charge in [0.05, 0.1) is 6.61 Å². The fourth-order valence-electron chi connectivity index (χ4n) is 1.31. The summed E-state index contributed by atoms with van der Waals surface area (Å²) in [5, 5.41) is 8.33. The maximum atomic E-state index is 13.1. The van der Waals surface area contributed by atoms with Gasteiger partial charge in [0, 0.05) is 45.6 Å². The lowest BCUT2D eigenvalue weighted by Crippen LogP contribution is -2.04. The molecule has 2 aromatic rings. The van der Waals surface area contributed by atoms with E-state index >= 15 is 0 Å². The van der Waals surface area contributed by atoms with Crippen molar-refractivity contribution in [1.82, 2.24) is 0 Å². The molecule has 0 saturated carbocycles. The van der Waals surface area contributed by atoms with Gasteiger partial charge in [0.1, 0.15) is 23.1 Å². The summed E-state index contributed by atoms with van der Waals surface area (Å²) in [5.41, 5.74) is 0. The molecule has 0 radical (unpaired) electrons. The van der Waals surface area contributed by atoms with Crippen LogP contribution < -0.4 is 4.74 Å². The van der Waals surface area contributed by atoms with E-state index in [1.54, 1.807) is 0 Å². The van der Waals surface area contributed by atoms with Crippen molar-refractivity contribution in [3.05, 3.63) is 57.0 Å². The second-order valence-electron chi connectivity index (χ2n) is 4.61. The summed E-state index contributed by atoms with van der Waals surface area (Å²) in [6, 6.07) is 7.23. The molecule has 0 unspecified atom stereocenters. The van der Waals surface area contributed by atoms with Gasteiger partial charge >= 0.3 is 0 Å². The maximum absolute atomic E-state index is 13.1. The molecule has 0 bridgehead atoms. The lowest BCUT2D eigenvalue weighted by Gasteiger charge is -2.08. The standard InChI is InChI=1S/C10H12BrFO.C6H4BrFO.C4H9Br/c1-7(2)6-13-10-4-8(11)3-9(12)5-10;7-4-1-5(8)3-6(9)2-4;1-4(2)3-5/h3-5,7H,6H2,1-2H3;1-3,9H;4H,3H2,1-2H3/i1D3,2D3,7D;;1D3,2D3,4D. The zero-order valence-corrected chi connectivity index (χ0v) is 18.4. The topological polar surface area (TPSA) is 29.5 Å². The summed E-state index contributed by atoms with van der Waals surface area (Å²) in [6.45, 7) is -12.6. The molecule has 0 spiro atoms. The number of phenols is 1. The van der Waals surface area contributed by atoms with Gasteiger partial charge in [-0.25, -0.2) is 8.78 Å². The van der Waals surface area contributed by atoms with Crippen LogP contribution in [0.15, 0.2) is 45.3 Å². The third kappa shape index (κ3) is 15.0. The van der Waals surface area contributed by atoms with Crippen LogP contribution in [0.4, 0.5) is 8.78 Å². The minimum Gasteiger partial charge on any atom is -0.508 e. The number of rotatable bonds is 4. The highest BCUT2D eigenvalue weighted by Gasteiger charge is 2.01. The second kappa shape index (κ2) is 14.4. The third-order valence-electron chi connectivity index (χ3n) is 2.20. The first kappa shape index (κ1) is 10.9. The van der Waals surface area contributed by atoms with Gasteiger partial charge in [-0.15, -0.1) is 0 Å². The first-order chi connectivity index (χ1) is 18.1. The van der Waals surface area contributed by atoms with Crippen LogP contribution in [-0.4, -0.2) is 17.0 Å². The van der Waals surface area contributed by atoms with E-state index in [0.29, 0.717) is 8.95 Å². The molecule has 0 aliphatic heterocycles. The predicted octanol–water partition coefficient (Wildman–Crippen LogP) is 7.95. The highest BCUT2D eigenvalue weighted by molar-refractivity contribution is 9.10. The average Bonchev–Trinajstić information content (AvgIpc) is 2.73. The van der Waals surface area contributed by atoms with Gasteiger partial charge in [-0.2, -0.15) is 0 Å². The van der Waals surface area contributed by atoms with Gasteiger partial charge in [0.15, 0.2) is 0 Å². The van der Waals surface area contributed by atoms with E-state index < -0.39 is 62.8 Å². The molecule has 152 valence electrons. The van der Waals surface area contributed by atoms with Crippen molar-refractivity contribution in [2.45, 2.75) is 27.4 Å². The number of halogens is 5. The van der Waals surface area contributed by atoms with Crippen molar-refractivity contribution in [3.8, 4) is 11.5 Å². The molecule has 0 atom stereocenters. The first-order valence-electron chi connectivity index (χ1n) is 13.9. The molecule has 0 aromatic heterocycles. The molecular weight excluding hydrogens is 550 g/mol. The van der Waals surface area contributed by atoms with Gasteiger partial charge in [-0.1, -0.05) is 75.2 Å². The van der Waals surface area contributed by atoms with Crippen LogP contribution in [0.2, 0.25) is 0 Å². The number of phenolic OH excluding ortho intramolecular Hbond substituents is 1. The van der Waals surface area contributed by atoms with Gasteiger partial charge in [-0.3, -0.25) is 0 Å². The highest BCUT2D eigenvalue weighted by Crippen LogP contribution is 2.21. The summed E-state index contributed by atoms with van der Waals surface area (Å²) in [6.07, 6.45) is 0. The zero-order chi connectivity index (χ0) is 32.8. The minimum absolute atomic E-state index is 0.0537. The molecular formula is C20H25Br3F2O2. The molecule has 0 heterocycles. The summed E-state index contributed by atoms with van der Waals surface area (Å²) < 4.78 is 131. The van der Waals surface area contributed by atoms with E-state index in [9.17, 15) is 8.78 Å². The van der Waals surface area contributed by atoms with Gasteiger partial charge < -0.3 is 9.84 Å². The summed E-state index contributed by atoms with van der Waals surface area (Å²) in [5.74, 6) is -6.41. The lowest BCUT2D eigenvalue weighted by molar-refractivity contribution is 0.270. The first-order valence-corrected chi connectivity index (χ1v) is 9.62. The van der Waals surface area contributed by atoms with Crippen LogP contribution in [0.5, 0.6) is 11.5 Å². The van der Waals surface area contributed by atoms with Gasteiger partial charge in [0.2, 0.25) is 0 Å². The van der Waals surface area contributed by atoms with Gasteiger partial charge in [-0.05, 0) is 36.1 Å². The van der Waals surface area contributed by atoms with Crippen LogP contribution in [0.1, 0.15) is 46.6 Å². The fraction of sp³-hybridized carbons (Fsp3) is 0.400. The number of aromatic hydroxyl groups is 1. The Hall–Kier alpha value is -0.660. The van der Waals surface area contributed by atoms with Crippen molar-refractivity contribution >= 4 is 47.8 Å². The molecule has 0 aliphatic carbocycles. The SMILES string of the molecule is Oc1cc(F)cc(Br)c1.[2H]C([2H])([2H])C([2H])(CBr)C([2H])([2H])[2H].[2H]C([2H])([2H])C([2H])(COc1cc(F)cc(Br)c1)C([2H])([2H])[2H]. The van der Waals surface area contributed by atoms with Gasteiger partial charge in [0.25, 0.3) is 0 Å². The minimum atomic E-state index is -3.07.